The number of amides is 1. The highest BCUT2D eigenvalue weighted by molar-refractivity contribution is 7.07. The highest BCUT2D eigenvalue weighted by Gasteiger charge is 2.45. The van der Waals surface area contributed by atoms with E-state index in [1.165, 1.54) is 11.5 Å². The minimum absolute atomic E-state index is 0.128. The van der Waals surface area contributed by atoms with E-state index in [-0.39, 0.29) is 5.91 Å². The van der Waals surface area contributed by atoms with Crippen molar-refractivity contribution in [3.8, 4) is 0 Å². The second-order valence-corrected chi connectivity index (χ2v) is 5.96. The predicted molar refractivity (Wildman–Crippen MR) is 69.6 cm³/mol. The van der Waals surface area contributed by atoms with Crippen molar-refractivity contribution in [1.29, 1.82) is 0 Å². The number of carbonyl (C=O) groups excluding carboxylic acids is 1. The second kappa shape index (κ2) is 4.59. The van der Waals surface area contributed by atoms with Gasteiger partial charge >= 0.3 is 0 Å². The van der Waals surface area contributed by atoms with Crippen molar-refractivity contribution in [2.75, 3.05) is 19.6 Å². The molecule has 3 rings (SSSR count). The van der Waals surface area contributed by atoms with Crippen molar-refractivity contribution in [2.24, 2.45) is 11.8 Å². The van der Waals surface area contributed by atoms with Crippen LogP contribution >= 0.6 is 11.5 Å². The quantitative estimate of drug-likeness (QED) is 0.864. The number of nitrogens with one attached hydrogen (secondary N) is 1. The number of fused-ring (bicyclic) bond motifs is 1. The number of rotatable bonds is 2. The van der Waals surface area contributed by atoms with Gasteiger partial charge in [0.15, 0.2) is 0 Å². The number of likely N-dealkylation sites (tertiary alicyclic amines) is 1. The zero-order valence-electron chi connectivity index (χ0n) is 10.7. The molecule has 3 unspecified atom stereocenters. The fourth-order valence-corrected chi connectivity index (χ4v) is 3.95. The zero-order chi connectivity index (χ0) is 12.7. The molecule has 1 N–H and O–H groups in total. The van der Waals surface area contributed by atoms with Crippen LogP contribution in [0.15, 0.2) is 0 Å². The van der Waals surface area contributed by atoms with Crippen LogP contribution < -0.4 is 5.32 Å². The van der Waals surface area contributed by atoms with Gasteiger partial charge in [-0.25, -0.2) is 0 Å². The van der Waals surface area contributed by atoms with Crippen molar-refractivity contribution in [3.63, 3.8) is 0 Å². The average molecular weight is 266 g/mol. The maximum absolute atomic E-state index is 12.6. The van der Waals surface area contributed by atoms with E-state index in [0.29, 0.717) is 22.8 Å². The molecule has 0 bridgehead atoms. The average Bonchev–Trinajstić information content (AvgIpc) is 3.01. The lowest BCUT2D eigenvalue weighted by molar-refractivity contribution is 0.0715. The van der Waals surface area contributed by atoms with Crippen LogP contribution in [0.25, 0.3) is 0 Å². The van der Waals surface area contributed by atoms with Gasteiger partial charge in [-0.15, -0.1) is 5.10 Å². The molecule has 18 heavy (non-hydrogen) atoms. The van der Waals surface area contributed by atoms with Crippen molar-refractivity contribution >= 4 is 17.4 Å². The van der Waals surface area contributed by atoms with E-state index in [0.717, 1.165) is 31.7 Å². The molecule has 2 aliphatic heterocycles. The fraction of sp³-hybridized carbons (Fsp3) is 0.750. The van der Waals surface area contributed by atoms with E-state index in [2.05, 4.69) is 26.7 Å². The monoisotopic (exact) mass is 266 g/mol. The SMILES string of the molecule is CCC1C2CNCC2CN1C(=O)c1snnc1C. The van der Waals surface area contributed by atoms with Gasteiger partial charge in [-0.3, -0.25) is 4.79 Å². The Morgan fingerprint density at radius 3 is 3.06 bits per heavy atom. The number of aromatic nitrogens is 2. The van der Waals surface area contributed by atoms with Gasteiger partial charge in [0.25, 0.3) is 5.91 Å². The highest BCUT2D eigenvalue weighted by atomic mass is 32.1. The molecule has 6 heteroatoms. The normalized spacial score (nSPS) is 30.8. The molecule has 3 heterocycles. The second-order valence-electron chi connectivity index (χ2n) is 5.20. The molecule has 0 spiro atoms. The van der Waals surface area contributed by atoms with Crippen LogP contribution in [0, 0.1) is 18.8 Å². The molecule has 3 atom stereocenters. The molecule has 0 radical (unpaired) electrons. The maximum Gasteiger partial charge on any atom is 0.267 e. The van der Waals surface area contributed by atoms with Crippen LogP contribution in [0.3, 0.4) is 0 Å². The Bertz CT molecular complexity index is 461. The predicted octanol–water partition coefficient (Wildman–Crippen LogP) is 0.917. The summed E-state index contributed by atoms with van der Waals surface area (Å²) in [5.74, 6) is 1.38. The standard InChI is InChI=1S/C12H18N4OS/c1-3-10-9-5-13-4-8(9)6-16(10)12(17)11-7(2)14-15-18-11/h8-10,13H,3-6H2,1-2H3. The third-order valence-corrected chi connectivity index (χ3v) is 5.06. The Morgan fingerprint density at radius 1 is 1.56 bits per heavy atom. The van der Waals surface area contributed by atoms with E-state index in [1.807, 2.05) is 6.92 Å². The fourth-order valence-electron chi connectivity index (χ4n) is 3.34. The van der Waals surface area contributed by atoms with Crippen LogP contribution in [0.5, 0.6) is 0 Å². The molecule has 2 fully saturated rings. The van der Waals surface area contributed by atoms with Gasteiger partial charge in [0.2, 0.25) is 0 Å². The van der Waals surface area contributed by atoms with Crippen LogP contribution in [0.4, 0.5) is 0 Å². The first-order valence-corrected chi connectivity index (χ1v) is 7.30. The van der Waals surface area contributed by atoms with Gasteiger partial charge in [0, 0.05) is 25.7 Å². The summed E-state index contributed by atoms with van der Waals surface area (Å²) in [6, 6.07) is 0.374. The Balaban J connectivity index is 1.84. The first-order valence-electron chi connectivity index (χ1n) is 6.53. The molecule has 0 aromatic carbocycles. The molecule has 1 aromatic heterocycles. The summed E-state index contributed by atoms with van der Waals surface area (Å²) in [6.45, 7) is 7.00. The summed E-state index contributed by atoms with van der Waals surface area (Å²) in [7, 11) is 0. The minimum Gasteiger partial charge on any atom is -0.334 e. The Kier molecular flexibility index (Phi) is 3.07. The third kappa shape index (κ3) is 1.75. The van der Waals surface area contributed by atoms with Crippen molar-refractivity contribution < 1.29 is 4.79 Å². The number of aryl methyl sites for hydroxylation is 1. The summed E-state index contributed by atoms with van der Waals surface area (Å²) in [4.78, 5) is 15.3. The van der Waals surface area contributed by atoms with Crippen LogP contribution in [-0.2, 0) is 0 Å². The van der Waals surface area contributed by atoms with Crippen molar-refractivity contribution in [3.05, 3.63) is 10.6 Å². The highest BCUT2D eigenvalue weighted by Crippen LogP contribution is 2.35. The number of nitrogens with zero attached hydrogens (tertiary/aromatic N) is 3. The van der Waals surface area contributed by atoms with E-state index in [1.54, 1.807) is 0 Å². The topological polar surface area (TPSA) is 58.1 Å². The summed E-state index contributed by atoms with van der Waals surface area (Å²) in [6.07, 6.45) is 1.03. The lowest BCUT2D eigenvalue weighted by atomic mass is 9.93. The first-order chi connectivity index (χ1) is 8.72. The summed E-state index contributed by atoms with van der Waals surface area (Å²) in [5, 5.41) is 7.37. The number of hydrogen-bond acceptors (Lipinski definition) is 5. The summed E-state index contributed by atoms with van der Waals surface area (Å²) < 4.78 is 3.87. The zero-order valence-corrected chi connectivity index (χ0v) is 11.5. The van der Waals surface area contributed by atoms with E-state index >= 15 is 0 Å². The largest absolute Gasteiger partial charge is 0.334 e. The number of carbonyl (C=O) groups is 1. The van der Waals surface area contributed by atoms with Crippen molar-refractivity contribution in [1.82, 2.24) is 19.8 Å². The Labute approximate surface area is 111 Å². The minimum atomic E-state index is 0.128. The Morgan fingerprint density at radius 2 is 2.39 bits per heavy atom. The van der Waals surface area contributed by atoms with Gasteiger partial charge in [-0.2, -0.15) is 0 Å². The molecular weight excluding hydrogens is 248 g/mol. The smallest absolute Gasteiger partial charge is 0.267 e. The van der Waals surface area contributed by atoms with Gasteiger partial charge < -0.3 is 10.2 Å². The molecule has 98 valence electrons. The molecule has 0 saturated carbocycles. The molecule has 2 aliphatic rings. The lowest BCUT2D eigenvalue weighted by Gasteiger charge is -2.26. The molecule has 0 aliphatic carbocycles. The molecule has 2 saturated heterocycles. The van der Waals surface area contributed by atoms with Gasteiger partial charge in [0.05, 0.1) is 5.69 Å². The molecule has 5 nitrogen and oxygen atoms in total. The van der Waals surface area contributed by atoms with Gasteiger partial charge in [-0.1, -0.05) is 11.4 Å². The van der Waals surface area contributed by atoms with E-state index in [9.17, 15) is 4.79 Å². The van der Waals surface area contributed by atoms with Crippen LogP contribution in [0.2, 0.25) is 0 Å². The van der Waals surface area contributed by atoms with Crippen LogP contribution in [0.1, 0.15) is 28.7 Å². The molecule has 1 aromatic rings. The maximum atomic E-state index is 12.6. The van der Waals surface area contributed by atoms with Crippen molar-refractivity contribution in [2.45, 2.75) is 26.3 Å². The summed E-state index contributed by atoms with van der Waals surface area (Å²) in [5.41, 5.74) is 0.759. The van der Waals surface area contributed by atoms with Crippen LogP contribution in [-0.4, -0.2) is 46.1 Å². The third-order valence-electron chi connectivity index (χ3n) is 4.24. The Hall–Kier alpha value is -1.01. The van der Waals surface area contributed by atoms with E-state index in [4.69, 9.17) is 0 Å². The number of hydrogen-bond donors (Lipinski definition) is 1. The van der Waals surface area contributed by atoms with Gasteiger partial charge in [-0.05, 0) is 36.7 Å². The molecular formula is C12H18N4OS. The molecule has 1 amide bonds. The lowest BCUT2D eigenvalue weighted by Crippen LogP contribution is -2.39. The van der Waals surface area contributed by atoms with Gasteiger partial charge in [0.1, 0.15) is 4.88 Å². The summed E-state index contributed by atoms with van der Waals surface area (Å²) >= 11 is 1.22. The van der Waals surface area contributed by atoms with E-state index < -0.39 is 0 Å². The first kappa shape index (κ1) is 12.0.